The molecular formula is C18H19ClO2. The number of halogens is 1. The van der Waals surface area contributed by atoms with Crippen LogP contribution >= 0.6 is 11.6 Å². The molecule has 0 atom stereocenters. The molecule has 0 fully saturated rings. The Morgan fingerprint density at radius 3 is 2.48 bits per heavy atom. The summed E-state index contributed by atoms with van der Waals surface area (Å²) in [6.07, 6.45) is 3.37. The summed E-state index contributed by atoms with van der Waals surface area (Å²) in [5.74, 6) is 0.196. The summed E-state index contributed by atoms with van der Waals surface area (Å²) in [7, 11) is 0. The largest absolute Gasteiger partial charge is 0.423 e. The van der Waals surface area contributed by atoms with E-state index in [4.69, 9.17) is 16.3 Å². The van der Waals surface area contributed by atoms with Crippen LogP contribution in [0.1, 0.15) is 41.3 Å². The number of carbonyl (C=O) groups excluding carboxylic acids is 1. The molecule has 2 nitrogen and oxygen atoms in total. The van der Waals surface area contributed by atoms with E-state index in [0.717, 1.165) is 18.4 Å². The van der Waals surface area contributed by atoms with Gasteiger partial charge in [0.05, 0.1) is 5.56 Å². The van der Waals surface area contributed by atoms with Gasteiger partial charge in [0.1, 0.15) is 5.75 Å². The lowest BCUT2D eigenvalue weighted by Crippen LogP contribution is -2.09. The third kappa shape index (κ3) is 4.33. The molecule has 0 unspecified atom stereocenters. The Kier molecular flexibility index (Phi) is 5.40. The lowest BCUT2D eigenvalue weighted by atomic mass is 10.1. The molecule has 2 aromatic rings. The van der Waals surface area contributed by atoms with Crippen molar-refractivity contribution < 1.29 is 9.53 Å². The fraction of sp³-hybridized carbons (Fsp3) is 0.278. The van der Waals surface area contributed by atoms with E-state index < -0.39 is 0 Å². The maximum atomic E-state index is 12.1. The number of ether oxygens (including phenoxy) is 1. The lowest BCUT2D eigenvalue weighted by molar-refractivity contribution is 0.0733. The number of hydrogen-bond acceptors (Lipinski definition) is 2. The topological polar surface area (TPSA) is 26.3 Å². The van der Waals surface area contributed by atoms with Crippen molar-refractivity contribution in [2.24, 2.45) is 0 Å². The number of aryl methyl sites for hydroxylation is 2. The fourth-order valence-corrected chi connectivity index (χ4v) is 2.30. The summed E-state index contributed by atoms with van der Waals surface area (Å²) >= 11 is 5.89. The van der Waals surface area contributed by atoms with Crippen LogP contribution in [0, 0.1) is 6.92 Å². The van der Waals surface area contributed by atoms with E-state index in [0.29, 0.717) is 16.3 Å². The first-order valence-electron chi connectivity index (χ1n) is 7.17. The molecule has 0 radical (unpaired) electrons. The van der Waals surface area contributed by atoms with E-state index in [2.05, 4.69) is 6.92 Å². The Hall–Kier alpha value is -1.80. The Balaban J connectivity index is 2.06. The molecule has 0 aliphatic carbocycles. The molecule has 0 N–H and O–H groups in total. The van der Waals surface area contributed by atoms with E-state index in [9.17, 15) is 4.79 Å². The Bertz CT molecular complexity index is 618. The number of rotatable bonds is 5. The van der Waals surface area contributed by atoms with Crippen molar-refractivity contribution in [2.75, 3.05) is 0 Å². The van der Waals surface area contributed by atoms with E-state index in [1.165, 1.54) is 12.0 Å². The van der Waals surface area contributed by atoms with Gasteiger partial charge in [-0.15, -0.1) is 0 Å². The van der Waals surface area contributed by atoms with Gasteiger partial charge in [0, 0.05) is 5.02 Å². The van der Waals surface area contributed by atoms with E-state index >= 15 is 0 Å². The van der Waals surface area contributed by atoms with Gasteiger partial charge in [-0.25, -0.2) is 4.79 Å². The highest BCUT2D eigenvalue weighted by Gasteiger charge is 2.10. The summed E-state index contributed by atoms with van der Waals surface area (Å²) in [5.41, 5.74) is 2.65. The van der Waals surface area contributed by atoms with Crippen LogP contribution in [-0.2, 0) is 6.42 Å². The van der Waals surface area contributed by atoms with E-state index in [-0.39, 0.29) is 5.97 Å². The predicted octanol–water partition coefficient (Wildman–Crippen LogP) is 5.21. The lowest BCUT2D eigenvalue weighted by Gasteiger charge is -2.08. The molecule has 0 aliphatic rings. The molecule has 0 heterocycles. The summed E-state index contributed by atoms with van der Waals surface area (Å²) in [6, 6.07) is 12.8. The van der Waals surface area contributed by atoms with Crippen LogP contribution in [0.5, 0.6) is 5.75 Å². The van der Waals surface area contributed by atoms with Crippen molar-refractivity contribution >= 4 is 17.6 Å². The molecule has 110 valence electrons. The normalized spacial score (nSPS) is 10.4. The minimum atomic E-state index is -0.345. The third-order valence-corrected chi connectivity index (χ3v) is 3.58. The molecule has 2 rings (SSSR count). The second-order valence-electron chi connectivity index (χ2n) is 5.10. The summed E-state index contributed by atoms with van der Waals surface area (Å²) in [5, 5.41) is 0.632. The van der Waals surface area contributed by atoms with Crippen LogP contribution in [0.2, 0.25) is 5.02 Å². The molecule has 0 aromatic heterocycles. The number of benzene rings is 2. The molecule has 0 saturated heterocycles. The van der Waals surface area contributed by atoms with Crippen molar-refractivity contribution in [1.82, 2.24) is 0 Å². The highest BCUT2D eigenvalue weighted by Crippen LogP contribution is 2.22. The van der Waals surface area contributed by atoms with Gasteiger partial charge >= 0.3 is 5.97 Å². The Labute approximate surface area is 130 Å². The Morgan fingerprint density at radius 1 is 1.14 bits per heavy atom. The van der Waals surface area contributed by atoms with Crippen molar-refractivity contribution in [3.8, 4) is 5.75 Å². The summed E-state index contributed by atoms with van der Waals surface area (Å²) in [6.45, 7) is 4.03. The first kappa shape index (κ1) is 15.6. The predicted molar refractivity (Wildman–Crippen MR) is 86.2 cm³/mol. The third-order valence-electron chi connectivity index (χ3n) is 3.35. The number of esters is 1. The van der Waals surface area contributed by atoms with Gasteiger partial charge in [0.2, 0.25) is 0 Å². The van der Waals surface area contributed by atoms with Crippen molar-refractivity contribution in [3.63, 3.8) is 0 Å². The molecular weight excluding hydrogens is 284 g/mol. The number of carbonyl (C=O) groups is 1. The summed E-state index contributed by atoms with van der Waals surface area (Å²) < 4.78 is 5.41. The van der Waals surface area contributed by atoms with E-state index in [1.54, 1.807) is 18.2 Å². The van der Waals surface area contributed by atoms with Crippen LogP contribution in [0.25, 0.3) is 0 Å². The summed E-state index contributed by atoms with van der Waals surface area (Å²) in [4.78, 5) is 12.1. The SMILES string of the molecule is CCCCc1ccc(C(=O)Oc2ccc(Cl)cc2C)cc1. The standard InChI is InChI=1S/C18H19ClO2/c1-3-4-5-14-6-8-15(9-7-14)18(20)21-17-11-10-16(19)12-13(17)2/h6-12H,3-5H2,1-2H3. The quantitative estimate of drug-likeness (QED) is 0.560. The smallest absolute Gasteiger partial charge is 0.343 e. The van der Waals surface area contributed by atoms with Crippen LogP contribution in [0.15, 0.2) is 42.5 Å². The zero-order valence-electron chi connectivity index (χ0n) is 12.4. The molecule has 0 spiro atoms. The first-order chi connectivity index (χ1) is 10.1. The van der Waals surface area contributed by atoms with Gasteiger partial charge in [-0.3, -0.25) is 0 Å². The molecule has 21 heavy (non-hydrogen) atoms. The number of unbranched alkanes of at least 4 members (excludes halogenated alkanes) is 1. The van der Waals surface area contributed by atoms with Gasteiger partial charge < -0.3 is 4.74 Å². The van der Waals surface area contributed by atoms with Gasteiger partial charge in [0.25, 0.3) is 0 Å². The average Bonchev–Trinajstić information content (AvgIpc) is 2.48. The molecule has 0 aliphatic heterocycles. The zero-order valence-corrected chi connectivity index (χ0v) is 13.1. The minimum absolute atomic E-state index is 0.345. The second-order valence-corrected chi connectivity index (χ2v) is 5.54. The highest BCUT2D eigenvalue weighted by molar-refractivity contribution is 6.30. The number of hydrogen-bond donors (Lipinski definition) is 0. The first-order valence-corrected chi connectivity index (χ1v) is 7.55. The molecule has 0 saturated carbocycles. The average molecular weight is 303 g/mol. The second kappa shape index (κ2) is 7.28. The van der Waals surface area contributed by atoms with Crippen molar-refractivity contribution in [3.05, 3.63) is 64.2 Å². The minimum Gasteiger partial charge on any atom is -0.423 e. The van der Waals surface area contributed by atoms with Crippen LogP contribution < -0.4 is 4.74 Å². The Morgan fingerprint density at radius 2 is 1.86 bits per heavy atom. The van der Waals surface area contributed by atoms with E-state index in [1.807, 2.05) is 31.2 Å². The molecule has 0 bridgehead atoms. The van der Waals surface area contributed by atoms with Crippen LogP contribution in [0.4, 0.5) is 0 Å². The monoisotopic (exact) mass is 302 g/mol. The maximum Gasteiger partial charge on any atom is 0.343 e. The van der Waals surface area contributed by atoms with Gasteiger partial charge in [0.15, 0.2) is 0 Å². The van der Waals surface area contributed by atoms with Crippen molar-refractivity contribution in [2.45, 2.75) is 33.1 Å². The van der Waals surface area contributed by atoms with Crippen molar-refractivity contribution in [1.29, 1.82) is 0 Å². The molecule has 2 aromatic carbocycles. The van der Waals surface area contributed by atoms with Gasteiger partial charge in [-0.2, -0.15) is 0 Å². The highest BCUT2D eigenvalue weighted by atomic mass is 35.5. The zero-order chi connectivity index (χ0) is 15.2. The molecule has 0 amide bonds. The van der Waals surface area contributed by atoms with Gasteiger partial charge in [-0.05, 0) is 61.2 Å². The van der Waals surface area contributed by atoms with Crippen LogP contribution in [0.3, 0.4) is 0 Å². The maximum absolute atomic E-state index is 12.1. The molecule has 3 heteroatoms. The fourth-order valence-electron chi connectivity index (χ4n) is 2.07. The van der Waals surface area contributed by atoms with Crippen LogP contribution in [-0.4, -0.2) is 5.97 Å². The van der Waals surface area contributed by atoms with Gasteiger partial charge in [-0.1, -0.05) is 37.1 Å².